The van der Waals surface area contributed by atoms with Gasteiger partial charge < -0.3 is 10.2 Å². The minimum atomic E-state index is 0.0628. The summed E-state index contributed by atoms with van der Waals surface area (Å²) in [5.41, 5.74) is 0.603. The Morgan fingerprint density at radius 3 is 2.78 bits per heavy atom. The molecule has 1 saturated carbocycles. The molecule has 3 aliphatic rings. The molecule has 1 N–H and O–H groups in total. The molecule has 0 unspecified atom stereocenters. The number of rotatable bonds is 4. The molecule has 3 heterocycles. The molecule has 2 fully saturated rings. The minimum Gasteiger partial charge on any atom is -0.356 e. The van der Waals surface area contributed by atoms with E-state index in [1.807, 2.05) is 11.6 Å². The summed E-state index contributed by atoms with van der Waals surface area (Å²) in [6.07, 6.45) is 12.3. The van der Waals surface area contributed by atoms with Gasteiger partial charge in [-0.3, -0.25) is 9.56 Å². The van der Waals surface area contributed by atoms with Crippen molar-refractivity contribution in [3.8, 4) is 0 Å². The second-order valence-electron chi connectivity index (χ2n) is 8.59. The average molecular weight is 375 g/mol. The molecule has 0 aromatic carbocycles. The van der Waals surface area contributed by atoms with Gasteiger partial charge in [0.05, 0.1) is 0 Å². The highest BCUT2D eigenvalue weighted by Gasteiger charge is 2.39. The summed E-state index contributed by atoms with van der Waals surface area (Å²) in [5, 5.41) is 8.03. The number of nitrogens with one attached hydrogen (secondary N) is 1. The summed E-state index contributed by atoms with van der Waals surface area (Å²) in [6, 6.07) is 0. The highest BCUT2D eigenvalue weighted by atomic mass is 16.2. The van der Waals surface area contributed by atoms with E-state index in [0.717, 1.165) is 63.6 Å². The Kier molecular flexibility index (Phi) is 5.55. The Bertz CT molecular complexity index is 727. The number of aromatic nitrogens is 3. The monoisotopic (exact) mass is 374 g/mol. The SMILES string of the molecule is CN=C(NCCCn1nc2n(c1=O)CCCC2)N1CCC2(CCCCC2)C1. The van der Waals surface area contributed by atoms with Gasteiger partial charge in [-0.1, -0.05) is 19.3 Å². The summed E-state index contributed by atoms with van der Waals surface area (Å²) in [6.45, 7) is 4.60. The predicted molar refractivity (Wildman–Crippen MR) is 107 cm³/mol. The number of guanidine groups is 1. The molecule has 1 saturated heterocycles. The van der Waals surface area contributed by atoms with E-state index in [-0.39, 0.29) is 5.69 Å². The molecule has 7 heteroatoms. The van der Waals surface area contributed by atoms with Crippen molar-refractivity contribution in [2.75, 3.05) is 26.7 Å². The number of likely N-dealkylation sites (tertiary alicyclic amines) is 1. The molecule has 4 rings (SSSR count). The summed E-state index contributed by atoms with van der Waals surface area (Å²) >= 11 is 0. The predicted octanol–water partition coefficient (Wildman–Crippen LogP) is 2.00. The van der Waals surface area contributed by atoms with Crippen LogP contribution in [0.3, 0.4) is 0 Å². The largest absolute Gasteiger partial charge is 0.356 e. The fourth-order valence-corrected chi connectivity index (χ4v) is 5.18. The standard InChI is InChI=1S/C20H34N6O/c1-21-18(24-15-11-20(16-24)9-4-2-5-10-20)22-12-7-14-26-19(27)25-13-6-3-8-17(25)23-26/h2-16H2,1H3,(H,21,22). The van der Waals surface area contributed by atoms with Crippen molar-refractivity contribution in [1.29, 1.82) is 0 Å². The van der Waals surface area contributed by atoms with E-state index in [0.29, 0.717) is 12.0 Å². The van der Waals surface area contributed by atoms with E-state index in [4.69, 9.17) is 0 Å². The van der Waals surface area contributed by atoms with Crippen LogP contribution in [0.1, 0.15) is 63.6 Å². The topological polar surface area (TPSA) is 67.5 Å². The van der Waals surface area contributed by atoms with Gasteiger partial charge in [0.1, 0.15) is 5.82 Å². The van der Waals surface area contributed by atoms with E-state index >= 15 is 0 Å². The Hall–Kier alpha value is -1.79. The summed E-state index contributed by atoms with van der Waals surface area (Å²) < 4.78 is 3.50. The molecule has 1 spiro atoms. The van der Waals surface area contributed by atoms with Crippen LogP contribution in [0.5, 0.6) is 0 Å². The van der Waals surface area contributed by atoms with Crippen LogP contribution < -0.4 is 11.0 Å². The molecule has 0 atom stereocenters. The van der Waals surface area contributed by atoms with Gasteiger partial charge in [0, 0.05) is 46.2 Å². The van der Waals surface area contributed by atoms with Gasteiger partial charge in [-0.25, -0.2) is 9.48 Å². The molecule has 1 aliphatic carbocycles. The van der Waals surface area contributed by atoms with Crippen molar-refractivity contribution < 1.29 is 0 Å². The lowest BCUT2D eigenvalue weighted by atomic mass is 9.73. The maximum absolute atomic E-state index is 12.4. The van der Waals surface area contributed by atoms with E-state index in [1.54, 1.807) is 4.68 Å². The van der Waals surface area contributed by atoms with Crippen LogP contribution >= 0.6 is 0 Å². The Morgan fingerprint density at radius 1 is 1.15 bits per heavy atom. The van der Waals surface area contributed by atoms with Crippen molar-refractivity contribution in [1.82, 2.24) is 24.6 Å². The third-order valence-electron chi connectivity index (χ3n) is 6.73. The van der Waals surface area contributed by atoms with Crippen molar-refractivity contribution in [2.24, 2.45) is 10.4 Å². The second kappa shape index (κ2) is 8.07. The van der Waals surface area contributed by atoms with E-state index in [1.165, 1.54) is 38.5 Å². The van der Waals surface area contributed by atoms with E-state index in [9.17, 15) is 4.79 Å². The van der Waals surface area contributed by atoms with Crippen molar-refractivity contribution in [3.63, 3.8) is 0 Å². The van der Waals surface area contributed by atoms with Crippen LogP contribution in [0.15, 0.2) is 9.79 Å². The molecule has 0 radical (unpaired) electrons. The van der Waals surface area contributed by atoms with E-state index in [2.05, 4.69) is 20.3 Å². The zero-order valence-corrected chi connectivity index (χ0v) is 16.8. The molecule has 2 aliphatic heterocycles. The zero-order chi connectivity index (χ0) is 18.7. The molecule has 1 aromatic heterocycles. The van der Waals surface area contributed by atoms with Gasteiger partial charge in [0.15, 0.2) is 5.96 Å². The van der Waals surface area contributed by atoms with Crippen LogP contribution in [0.25, 0.3) is 0 Å². The Balaban J connectivity index is 1.26. The molecule has 0 bridgehead atoms. The number of hydrogen-bond acceptors (Lipinski definition) is 3. The smallest absolute Gasteiger partial charge is 0.345 e. The third-order valence-corrected chi connectivity index (χ3v) is 6.73. The molecule has 1 aromatic rings. The maximum atomic E-state index is 12.4. The molecular weight excluding hydrogens is 340 g/mol. The molecule has 27 heavy (non-hydrogen) atoms. The normalized spacial score (nSPS) is 22.3. The Morgan fingerprint density at radius 2 is 2.00 bits per heavy atom. The second-order valence-corrected chi connectivity index (χ2v) is 8.59. The number of aliphatic imine (C=N–C) groups is 1. The highest BCUT2D eigenvalue weighted by Crippen LogP contribution is 2.43. The van der Waals surface area contributed by atoms with Gasteiger partial charge in [-0.2, -0.15) is 5.10 Å². The maximum Gasteiger partial charge on any atom is 0.345 e. The number of hydrogen-bond donors (Lipinski definition) is 1. The summed E-state index contributed by atoms with van der Waals surface area (Å²) in [4.78, 5) is 19.3. The van der Waals surface area contributed by atoms with E-state index < -0.39 is 0 Å². The van der Waals surface area contributed by atoms with Crippen LogP contribution in [0.4, 0.5) is 0 Å². The molecule has 7 nitrogen and oxygen atoms in total. The number of aryl methyl sites for hydroxylation is 2. The minimum absolute atomic E-state index is 0.0628. The van der Waals surface area contributed by atoms with Crippen LogP contribution in [0.2, 0.25) is 0 Å². The quantitative estimate of drug-likeness (QED) is 0.497. The van der Waals surface area contributed by atoms with Crippen LogP contribution in [-0.2, 0) is 19.5 Å². The first-order chi connectivity index (χ1) is 13.2. The van der Waals surface area contributed by atoms with Crippen molar-refractivity contribution in [2.45, 2.75) is 77.3 Å². The van der Waals surface area contributed by atoms with Crippen molar-refractivity contribution >= 4 is 5.96 Å². The average Bonchev–Trinajstić information content (AvgIpc) is 3.24. The first-order valence-electron chi connectivity index (χ1n) is 10.8. The fraction of sp³-hybridized carbons (Fsp3) is 0.850. The third kappa shape index (κ3) is 3.92. The van der Waals surface area contributed by atoms with Crippen LogP contribution in [-0.4, -0.2) is 51.9 Å². The summed E-state index contributed by atoms with van der Waals surface area (Å²) in [7, 11) is 1.88. The first-order valence-corrected chi connectivity index (χ1v) is 10.8. The zero-order valence-electron chi connectivity index (χ0n) is 16.8. The van der Waals surface area contributed by atoms with Gasteiger partial charge in [0.2, 0.25) is 0 Å². The lowest BCUT2D eigenvalue weighted by Gasteiger charge is -2.33. The number of nitrogens with zero attached hydrogens (tertiary/aromatic N) is 5. The number of fused-ring (bicyclic) bond motifs is 1. The molecule has 150 valence electrons. The van der Waals surface area contributed by atoms with Gasteiger partial charge in [-0.15, -0.1) is 0 Å². The Labute approximate surface area is 161 Å². The van der Waals surface area contributed by atoms with Crippen LogP contribution in [0, 0.1) is 5.41 Å². The van der Waals surface area contributed by atoms with Gasteiger partial charge in [-0.05, 0) is 43.9 Å². The fourth-order valence-electron chi connectivity index (χ4n) is 5.18. The van der Waals surface area contributed by atoms with Crippen molar-refractivity contribution in [3.05, 3.63) is 16.3 Å². The highest BCUT2D eigenvalue weighted by molar-refractivity contribution is 5.80. The van der Waals surface area contributed by atoms with Gasteiger partial charge >= 0.3 is 5.69 Å². The molecule has 0 amide bonds. The lowest BCUT2D eigenvalue weighted by molar-refractivity contribution is 0.203. The first kappa shape index (κ1) is 18.6. The van der Waals surface area contributed by atoms with Gasteiger partial charge in [0.25, 0.3) is 0 Å². The lowest BCUT2D eigenvalue weighted by Crippen LogP contribution is -2.42. The summed E-state index contributed by atoms with van der Waals surface area (Å²) in [5.74, 6) is 1.98. The molecular formula is C20H34N6O.